The van der Waals surface area contributed by atoms with Gasteiger partial charge in [-0.25, -0.2) is 4.39 Å². The van der Waals surface area contributed by atoms with Crippen molar-refractivity contribution in [3.63, 3.8) is 0 Å². The Labute approximate surface area is 108 Å². The molecule has 19 heavy (non-hydrogen) atoms. The number of carbonyl (C=O) groups excluding carboxylic acids is 1. The number of ether oxygens (including phenoxy) is 1. The fraction of sp³-hybridized carbons (Fsp3) is 0.364. The smallest absolute Gasteiger partial charge is 0.272 e. The van der Waals surface area contributed by atoms with Gasteiger partial charge in [0.05, 0.1) is 11.0 Å². The molecule has 0 aliphatic carbocycles. The third kappa shape index (κ3) is 3.38. The normalized spacial score (nSPS) is 13.6. The Balaban J connectivity index is 2.84. The number of nitro groups is 1. The number of amides is 1. The van der Waals surface area contributed by atoms with Gasteiger partial charge in [-0.1, -0.05) is 0 Å². The molecule has 0 heterocycles. The van der Waals surface area contributed by atoms with E-state index in [9.17, 15) is 19.3 Å². The number of rotatable bonds is 6. The number of nitro benzene ring substituents is 1. The van der Waals surface area contributed by atoms with Gasteiger partial charge < -0.3 is 15.8 Å². The van der Waals surface area contributed by atoms with Crippen LogP contribution in [0.4, 0.5) is 10.1 Å². The molecule has 0 aliphatic rings. The van der Waals surface area contributed by atoms with Crippen molar-refractivity contribution in [3.05, 3.63) is 34.1 Å². The average Bonchev–Trinajstić information content (AvgIpc) is 2.36. The van der Waals surface area contributed by atoms with E-state index < -0.39 is 22.2 Å². The van der Waals surface area contributed by atoms with Gasteiger partial charge >= 0.3 is 0 Å². The van der Waals surface area contributed by atoms with Crippen LogP contribution in [0.3, 0.4) is 0 Å². The molecule has 1 rings (SSSR count). The van der Waals surface area contributed by atoms with E-state index in [4.69, 9.17) is 10.5 Å². The summed E-state index contributed by atoms with van der Waals surface area (Å²) < 4.78 is 18.7. The first-order valence-corrected chi connectivity index (χ1v) is 5.35. The minimum atomic E-state index is -1.16. The molecule has 1 aromatic carbocycles. The van der Waals surface area contributed by atoms with E-state index in [0.717, 1.165) is 18.2 Å². The highest BCUT2D eigenvalue weighted by molar-refractivity contribution is 5.84. The summed E-state index contributed by atoms with van der Waals surface area (Å²) in [6.07, 6.45) is 0. The fourth-order valence-corrected chi connectivity index (χ4v) is 1.21. The molecule has 0 radical (unpaired) electrons. The number of hydrogen-bond acceptors (Lipinski definition) is 5. The summed E-state index contributed by atoms with van der Waals surface area (Å²) in [5.74, 6) is -1.72. The molecule has 104 valence electrons. The molecule has 7 nitrogen and oxygen atoms in total. The maximum atomic E-state index is 13.5. The number of benzene rings is 1. The minimum Gasteiger partial charge on any atom is -0.488 e. The highest BCUT2D eigenvalue weighted by atomic mass is 19.1. The van der Waals surface area contributed by atoms with Gasteiger partial charge in [-0.2, -0.15) is 0 Å². The molecule has 1 unspecified atom stereocenters. The number of primary amides is 1. The second-order valence-corrected chi connectivity index (χ2v) is 4.11. The number of nitrogens with one attached hydrogen (secondary N) is 1. The van der Waals surface area contributed by atoms with Crippen molar-refractivity contribution >= 4 is 11.6 Å². The molecule has 1 atom stereocenters. The standard InChI is InChI=1S/C11H14FN3O4/c1-11(14-2,10(13)16)6-19-9-4-3-7(15(17)18)5-8(9)12/h3-5,14H,6H2,1-2H3,(H2,13,16). The molecule has 0 aromatic heterocycles. The fourth-order valence-electron chi connectivity index (χ4n) is 1.21. The highest BCUT2D eigenvalue weighted by Gasteiger charge is 2.30. The van der Waals surface area contributed by atoms with Crippen LogP contribution < -0.4 is 15.8 Å². The molecule has 0 aliphatic heterocycles. The number of non-ortho nitro benzene ring substituents is 1. The molecule has 0 fully saturated rings. The van der Waals surface area contributed by atoms with Crippen LogP contribution in [0.2, 0.25) is 0 Å². The number of halogens is 1. The Hall–Kier alpha value is -2.22. The summed E-state index contributed by atoms with van der Waals surface area (Å²) >= 11 is 0. The molecule has 0 saturated carbocycles. The van der Waals surface area contributed by atoms with Crippen LogP contribution in [-0.4, -0.2) is 30.0 Å². The van der Waals surface area contributed by atoms with E-state index in [0.29, 0.717) is 0 Å². The SMILES string of the molecule is CNC(C)(COc1ccc([N+](=O)[O-])cc1F)C(N)=O. The zero-order chi connectivity index (χ0) is 14.6. The van der Waals surface area contributed by atoms with Crippen LogP contribution in [0.15, 0.2) is 18.2 Å². The number of carbonyl (C=O) groups is 1. The quantitative estimate of drug-likeness (QED) is 0.581. The molecule has 3 N–H and O–H groups in total. The Kier molecular flexibility index (Phi) is 4.38. The first-order valence-electron chi connectivity index (χ1n) is 5.35. The zero-order valence-electron chi connectivity index (χ0n) is 10.5. The zero-order valence-corrected chi connectivity index (χ0v) is 10.5. The van der Waals surface area contributed by atoms with Crippen molar-refractivity contribution in [2.45, 2.75) is 12.5 Å². The second kappa shape index (κ2) is 5.61. The maximum Gasteiger partial charge on any atom is 0.272 e. The van der Waals surface area contributed by atoms with E-state index in [1.807, 2.05) is 0 Å². The summed E-state index contributed by atoms with van der Waals surface area (Å²) in [4.78, 5) is 20.9. The van der Waals surface area contributed by atoms with E-state index >= 15 is 0 Å². The Morgan fingerprint density at radius 1 is 1.63 bits per heavy atom. The summed E-state index contributed by atoms with van der Waals surface area (Å²) in [7, 11) is 1.51. The largest absolute Gasteiger partial charge is 0.488 e. The van der Waals surface area contributed by atoms with Gasteiger partial charge in [0, 0.05) is 6.07 Å². The van der Waals surface area contributed by atoms with Crippen molar-refractivity contribution in [1.82, 2.24) is 5.32 Å². The van der Waals surface area contributed by atoms with Crippen molar-refractivity contribution < 1.29 is 18.8 Å². The number of nitrogens with two attached hydrogens (primary N) is 1. The maximum absolute atomic E-state index is 13.5. The van der Waals surface area contributed by atoms with Crippen LogP contribution in [0.25, 0.3) is 0 Å². The third-order valence-corrected chi connectivity index (χ3v) is 2.74. The van der Waals surface area contributed by atoms with Crippen molar-refractivity contribution in [2.24, 2.45) is 5.73 Å². The van der Waals surface area contributed by atoms with E-state index in [2.05, 4.69) is 5.32 Å². The van der Waals surface area contributed by atoms with Crippen LogP contribution in [-0.2, 0) is 4.79 Å². The first kappa shape index (κ1) is 14.8. The van der Waals surface area contributed by atoms with Crippen LogP contribution >= 0.6 is 0 Å². The Morgan fingerprint density at radius 2 is 2.26 bits per heavy atom. The molecule has 8 heteroatoms. The van der Waals surface area contributed by atoms with Crippen molar-refractivity contribution in [1.29, 1.82) is 0 Å². The summed E-state index contributed by atoms with van der Waals surface area (Å²) in [5.41, 5.74) is 3.65. The number of nitrogens with zero attached hydrogens (tertiary/aromatic N) is 1. The second-order valence-electron chi connectivity index (χ2n) is 4.11. The highest BCUT2D eigenvalue weighted by Crippen LogP contribution is 2.23. The monoisotopic (exact) mass is 271 g/mol. The van der Waals surface area contributed by atoms with Crippen LogP contribution in [0.1, 0.15) is 6.92 Å². The van der Waals surface area contributed by atoms with Gasteiger partial charge in [0.2, 0.25) is 5.91 Å². The van der Waals surface area contributed by atoms with Gasteiger partial charge in [0.25, 0.3) is 5.69 Å². The van der Waals surface area contributed by atoms with E-state index in [-0.39, 0.29) is 18.0 Å². The van der Waals surface area contributed by atoms with E-state index in [1.165, 1.54) is 14.0 Å². The lowest BCUT2D eigenvalue weighted by atomic mass is 10.0. The van der Waals surface area contributed by atoms with Crippen molar-refractivity contribution in [2.75, 3.05) is 13.7 Å². The van der Waals surface area contributed by atoms with Gasteiger partial charge in [0.15, 0.2) is 11.6 Å². The Bertz CT molecular complexity index is 509. The number of hydrogen-bond donors (Lipinski definition) is 2. The lowest BCUT2D eigenvalue weighted by molar-refractivity contribution is -0.385. The molecule has 1 aromatic rings. The topological polar surface area (TPSA) is 107 Å². The van der Waals surface area contributed by atoms with Gasteiger partial charge in [-0.15, -0.1) is 0 Å². The molecule has 0 saturated heterocycles. The minimum absolute atomic E-state index is 0.187. The predicted octanol–water partition coefficient (Wildman–Crippen LogP) is 0.576. The van der Waals surface area contributed by atoms with Gasteiger partial charge in [0.1, 0.15) is 12.1 Å². The number of likely N-dealkylation sites (N-methyl/N-ethyl adjacent to an activating group) is 1. The summed E-state index contributed by atoms with van der Waals surface area (Å²) in [6, 6.07) is 2.99. The van der Waals surface area contributed by atoms with Gasteiger partial charge in [-0.3, -0.25) is 14.9 Å². The Morgan fingerprint density at radius 3 is 2.68 bits per heavy atom. The summed E-state index contributed by atoms with van der Waals surface area (Å²) in [5, 5.41) is 13.1. The molecular weight excluding hydrogens is 257 g/mol. The lowest BCUT2D eigenvalue weighted by Crippen LogP contribution is -2.55. The third-order valence-electron chi connectivity index (χ3n) is 2.74. The molecular formula is C11H14FN3O4. The van der Waals surface area contributed by atoms with Gasteiger partial charge in [-0.05, 0) is 20.0 Å². The predicted molar refractivity (Wildman–Crippen MR) is 65.2 cm³/mol. The average molecular weight is 271 g/mol. The lowest BCUT2D eigenvalue weighted by Gasteiger charge is -2.25. The summed E-state index contributed by atoms with van der Waals surface area (Å²) in [6.45, 7) is 1.30. The van der Waals surface area contributed by atoms with Crippen LogP contribution in [0.5, 0.6) is 5.75 Å². The molecule has 0 bridgehead atoms. The molecule has 0 spiro atoms. The first-order chi connectivity index (χ1) is 8.80. The van der Waals surface area contributed by atoms with Crippen molar-refractivity contribution in [3.8, 4) is 5.75 Å². The van der Waals surface area contributed by atoms with E-state index in [1.54, 1.807) is 0 Å². The van der Waals surface area contributed by atoms with Crippen LogP contribution in [0, 0.1) is 15.9 Å². The molecule has 1 amide bonds.